The minimum absolute atomic E-state index is 0.000276. The number of pyridine rings is 1. The summed E-state index contributed by atoms with van der Waals surface area (Å²) in [7, 11) is 0. The van der Waals surface area contributed by atoms with Gasteiger partial charge in [0.15, 0.2) is 0 Å². The molecule has 3 aromatic rings. The van der Waals surface area contributed by atoms with Crippen LogP contribution < -0.4 is 10.9 Å². The Morgan fingerprint density at radius 2 is 1.77 bits per heavy atom. The fourth-order valence-corrected chi connectivity index (χ4v) is 4.06. The highest BCUT2D eigenvalue weighted by Crippen LogP contribution is 2.28. The lowest BCUT2D eigenvalue weighted by atomic mass is 9.96. The molecule has 0 radical (unpaired) electrons. The van der Waals surface area contributed by atoms with E-state index in [1.807, 2.05) is 0 Å². The second-order valence-corrected chi connectivity index (χ2v) is 7.83. The number of aryl methyl sites for hydroxylation is 2. The van der Waals surface area contributed by atoms with Crippen LogP contribution in [0, 0.1) is 0 Å². The van der Waals surface area contributed by atoms with Crippen molar-refractivity contribution in [2.45, 2.75) is 58.6 Å². The fourth-order valence-electron chi connectivity index (χ4n) is 4.06. The molecule has 0 amide bonds. The predicted octanol–water partition coefficient (Wildman–Crippen LogP) is 4.00. The molecule has 3 rings (SSSR count). The first-order valence-corrected chi connectivity index (χ1v) is 10.8. The molecule has 0 saturated carbocycles. The molecule has 1 aromatic heterocycles. The molecule has 2 unspecified atom stereocenters. The third kappa shape index (κ3) is 4.91. The van der Waals surface area contributed by atoms with Gasteiger partial charge in [0.25, 0.3) is 0 Å². The Kier molecular flexibility index (Phi) is 7.29. The van der Waals surface area contributed by atoms with Crippen molar-refractivity contribution >= 4 is 10.9 Å². The molecule has 5 nitrogen and oxygen atoms in total. The highest BCUT2D eigenvalue weighted by Gasteiger charge is 2.16. The predicted molar refractivity (Wildman–Crippen MR) is 122 cm³/mol. The molecule has 30 heavy (non-hydrogen) atoms. The van der Waals surface area contributed by atoms with Crippen LogP contribution in [0.5, 0.6) is 5.75 Å². The van der Waals surface area contributed by atoms with Gasteiger partial charge in [-0.15, -0.1) is 0 Å². The van der Waals surface area contributed by atoms with Gasteiger partial charge in [0.05, 0.1) is 11.6 Å². The molecule has 0 saturated heterocycles. The van der Waals surface area contributed by atoms with E-state index in [0.717, 1.165) is 25.7 Å². The van der Waals surface area contributed by atoms with Crippen molar-refractivity contribution in [1.29, 1.82) is 0 Å². The van der Waals surface area contributed by atoms with E-state index in [-0.39, 0.29) is 17.4 Å². The summed E-state index contributed by atoms with van der Waals surface area (Å²) in [6.45, 7) is 6.92. The molecule has 2 atom stereocenters. The van der Waals surface area contributed by atoms with Gasteiger partial charge in [-0.1, -0.05) is 45.0 Å². The number of H-pyrrole nitrogens is 1. The normalized spacial score (nSPS) is 13.5. The number of hydrogen-bond acceptors (Lipinski definition) is 4. The van der Waals surface area contributed by atoms with Gasteiger partial charge < -0.3 is 20.5 Å². The maximum atomic E-state index is 11.6. The van der Waals surface area contributed by atoms with Crippen LogP contribution >= 0.6 is 0 Å². The topological polar surface area (TPSA) is 85.3 Å². The largest absolute Gasteiger partial charge is 0.506 e. The average Bonchev–Trinajstić information content (AvgIpc) is 2.76. The second kappa shape index (κ2) is 9.92. The number of phenols is 1. The van der Waals surface area contributed by atoms with Gasteiger partial charge in [-0.05, 0) is 60.1 Å². The van der Waals surface area contributed by atoms with Crippen LogP contribution in [-0.2, 0) is 19.3 Å². The number of hydrogen-bond donors (Lipinski definition) is 4. The number of aromatic hydroxyl groups is 1. The van der Waals surface area contributed by atoms with Crippen LogP contribution in [-0.4, -0.2) is 27.8 Å². The summed E-state index contributed by atoms with van der Waals surface area (Å²) >= 11 is 0. The monoisotopic (exact) mass is 408 g/mol. The lowest BCUT2D eigenvalue weighted by Gasteiger charge is -2.21. The standard InChI is InChI=1S/C25H32N2O3/c1-4-17-8-7-16(13-18(17)5-2)14-19(6-3)26-15-23(29)20-9-11-22(28)25-21(20)10-12-24(30)27-25/h7-13,19,23,26,28-29H,4-6,14-15H2,1-3H3,(H,27,30). The van der Waals surface area contributed by atoms with Gasteiger partial charge in [-0.3, -0.25) is 4.79 Å². The molecule has 4 N–H and O–H groups in total. The SMILES string of the molecule is CCc1ccc(CC(CC)NCC(O)c2ccc(O)c3[nH]c(=O)ccc23)cc1CC. The van der Waals surface area contributed by atoms with Crippen LogP contribution in [0.4, 0.5) is 0 Å². The summed E-state index contributed by atoms with van der Waals surface area (Å²) in [6, 6.07) is 13.3. The maximum absolute atomic E-state index is 11.6. The summed E-state index contributed by atoms with van der Waals surface area (Å²) in [4.78, 5) is 14.2. The lowest BCUT2D eigenvalue weighted by Crippen LogP contribution is -2.34. The zero-order chi connectivity index (χ0) is 21.7. The van der Waals surface area contributed by atoms with Crippen LogP contribution in [0.1, 0.15) is 55.5 Å². The molecule has 0 aliphatic carbocycles. The number of nitrogens with one attached hydrogen (secondary N) is 2. The third-order valence-electron chi connectivity index (χ3n) is 5.87. The summed E-state index contributed by atoms with van der Waals surface area (Å²) in [5.74, 6) is 0.000276. The Hall–Kier alpha value is -2.63. The highest BCUT2D eigenvalue weighted by atomic mass is 16.3. The van der Waals surface area contributed by atoms with Gasteiger partial charge in [0, 0.05) is 24.0 Å². The van der Waals surface area contributed by atoms with E-state index >= 15 is 0 Å². The Bertz CT molecular complexity index is 1060. The third-order valence-corrected chi connectivity index (χ3v) is 5.87. The average molecular weight is 409 g/mol. The molecule has 0 aliphatic heterocycles. The number of aliphatic hydroxyl groups is 1. The zero-order valence-corrected chi connectivity index (χ0v) is 18.0. The van der Waals surface area contributed by atoms with E-state index in [2.05, 4.69) is 49.3 Å². The van der Waals surface area contributed by atoms with Gasteiger partial charge in [-0.25, -0.2) is 0 Å². The van der Waals surface area contributed by atoms with Crippen molar-refractivity contribution in [3.05, 3.63) is 75.1 Å². The van der Waals surface area contributed by atoms with E-state index in [1.54, 1.807) is 12.1 Å². The summed E-state index contributed by atoms with van der Waals surface area (Å²) in [5, 5.41) is 25.0. The van der Waals surface area contributed by atoms with Crippen molar-refractivity contribution in [2.75, 3.05) is 6.54 Å². The van der Waals surface area contributed by atoms with E-state index in [4.69, 9.17) is 0 Å². The quantitative estimate of drug-likeness (QED) is 0.431. The molecule has 160 valence electrons. The van der Waals surface area contributed by atoms with Gasteiger partial charge in [-0.2, -0.15) is 0 Å². The first-order chi connectivity index (χ1) is 14.5. The zero-order valence-electron chi connectivity index (χ0n) is 18.0. The molecule has 1 heterocycles. The van der Waals surface area contributed by atoms with Gasteiger partial charge in [0.2, 0.25) is 5.56 Å². The number of rotatable bonds is 9. The number of aliphatic hydroxyl groups excluding tert-OH is 1. The van der Waals surface area contributed by atoms with Crippen molar-refractivity contribution in [3.63, 3.8) is 0 Å². The summed E-state index contributed by atoms with van der Waals surface area (Å²) < 4.78 is 0. The number of fused-ring (bicyclic) bond motifs is 1. The minimum atomic E-state index is -0.748. The molecule has 0 fully saturated rings. The van der Waals surface area contributed by atoms with E-state index in [1.165, 1.54) is 28.8 Å². The van der Waals surface area contributed by atoms with Crippen LogP contribution in [0.3, 0.4) is 0 Å². The Morgan fingerprint density at radius 1 is 1.00 bits per heavy atom. The molecule has 2 aromatic carbocycles. The number of aromatic nitrogens is 1. The lowest BCUT2D eigenvalue weighted by molar-refractivity contribution is 0.170. The number of benzene rings is 2. The Morgan fingerprint density at radius 3 is 2.47 bits per heavy atom. The molecular formula is C25H32N2O3. The van der Waals surface area contributed by atoms with Crippen molar-refractivity contribution in [3.8, 4) is 5.75 Å². The van der Waals surface area contributed by atoms with Crippen molar-refractivity contribution in [1.82, 2.24) is 10.3 Å². The van der Waals surface area contributed by atoms with E-state index in [0.29, 0.717) is 23.0 Å². The fraction of sp³-hybridized carbons (Fsp3) is 0.400. The molecule has 0 bridgehead atoms. The van der Waals surface area contributed by atoms with E-state index < -0.39 is 6.10 Å². The van der Waals surface area contributed by atoms with Gasteiger partial charge in [0.1, 0.15) is 5.75 Å². The number of phenolic OH excluding ortho intramolecular Hbond substituents is 1. The maximum Gasteiger partial charge on any atom is 0.248 e. The van der Waals surface area contributed by atoms with Gasteiger partial charge >= 0.3 is 0 Å². The van der Waals surface area contributed by atoms with Crippen LogP contribution in [0.15, 0.2) is 47.3 Å². The Labute approximate surface area is 177 Å². The van der Waals surface area contributed by atoms with Crippen LogP contribution in [0.25, 0.3) is 10.9 Å². The molecule has 0 spiro atoms. The summed E-state index contributed by atoms with van der Waals surface area (Å²) in [6.07, 6.45) is 3.20. The minimum Gasteiger partial charge on any atom is -0.506 e. The van der Waals surface area contributed by atoms with Crippen molar-refractivity contribution in [2.24, 2.45) is 0 Å². The first kappa shape index (κ1) is 22.1. The Balaban J connectivity index is 1.72. The first-order valence-electron chi connectivity index (χ1n) is 10.8. The summed E-state index contributed by atoms with van der Waals surface area (Å²) in [5.41, 5.74) is 4.89. The van der Waals surface area contributed by atoms with Crippen LogP contribution in [0.2, 0.25) is 0 Å². The number of aromatic amines is 1. The molecular weight excluding hydrogens is 376 g/mol. The molecule has 5 heteroatoms. The second-order valence-electron chi connectivity index (χ2n) is 7.83. The smallest absolute Gasteiger partial charge is 0.248 e. The van der Waals surface area contributed by atoms with Crippen molar-refractivity contribution < 1.29 is 10.2 Å². The molecule has 0 aliphatic rings. The van der Waals surface area contributed by atoms with E-state index in [9.17, 15) is 15.0 Å². The highest BCUT2D eigenvalue weighted by molar-refractivity contribution is 5.87.